The SMILES string of the molecule is CC1CCN(c2cccc(C(=O)O)c2)C(C)C1. The summed E-state index contributed by atoms with van der Waals surface area (Å²) in [6.07, 6.45) is 2.36. The molecule has 1 heterocycles. The zero-order valence-corrected chi connectivity index (χ0v) is 10.4. The molecule has 3 nitrogen and oxygen atoms in total. The Morgan fingerprint density at radius 3 is 2.82 bits per heavy atom. The smallest absolute Gasteiger partial charge is 0.335 e. The summed E-state index contributed by atoms with van der Waals surface area (Å²) in [5.41, 5.74) is 1.40. The fourth-order valence-corrected chi connectivity index (χ4v) is 2.61. The first-order valence-corrected chi connectivity index (χ1v) is 6.18. The van der Waals surface area contributed by atoms with Crippen LogP contribution in [0.2, 0.25) is 0 Å². The van der Waals surface area contributed by atoms with Crippen LogP contribution in [0.5, 0.6) is 0 Å². The third-order valence-electron chi connectivity index (χ3n) is 3.56. The number of piperidine rings is 1. The molecule has 0 aromatic heterocycles. The molecule has 0 aliphatic carbocycles. The van der Waals surface area contributed by atoms with Gasteiger partial charge in [0.05, 0.1) is 5.56 Å². The topological polar surface area (TPSA) is 40.5 Å². The van der Waals surface area contributed by atoms with Crippen molar-refractivity contribution in [2.75, 3.05) is 11.4 Å². The van der Waals surface area contributed by atoms with Crippen LogP contribution < -0.4 is 4.90 Å². The number of rotatable bonds is 2. The third-order valence-corrected chi connectivity index (χ3v) is 3.56. The molecule has 1 saturated heterocycles. The van der Waals surface area contributed by atoms with E-state index >= 15 is 0 Å². The van der Waals surface area contributed by atoms with Crippen molar-refractivity contribution in [3.05, 3.63) is 29.8 Å². The Morgan fingerprint density at radius 2 is 2.18 bits per heavy atom. The molecule has 3 heteroatoms. The molecule has 1 aromatic carbocycles. The fraction of sp³-hybridized carbons (Fsp3) is 0.500. The predicted molar refractivity (Wildman–Crippen MR) is 68.6 cm³/mol. The highest BCUT2D eigenvalue weighted by Crippen LogP contribution is 2.28. The average molecular weight is 233 g/mol. The molecule has 1 fully saturated rings. The summed E-state index contributed by atoms with van der Waals surface area (Å²) in [5, 5.41) is 9.00. The van der Waals surface area contributed by atoms with Gasteiger partial charge >= 0.3 is 5.97 Å². The molecular formula is C14H19NO2. The molecule has 0 spiro atoms. The number of hydrogen-bond acceptors (Lipinski definition) is 2. The second kappa shape index (κ2) is 4.78. The Balaban J connectivity index is 2.22. The van der Waals surface area contributed by atoms with E-state index in [0.717, 1.165) is 18.2 Å². The second-order valence-corrected chi connectivity index (χ2v) is 5.03. The molecule has 1 aliphatic rings. The minimum atomic E-state index is -0.857. The van der Waals surface area contributed by atoms with Gasteiger partial charge in [-0.2, -0.15) is 0 Å². The Bertz CT molecular complexity index is 416. The lowest BCUT2D eigenvalue weighted by molar-refractivity contribution is 0.0697. The number of carboxylic acid groups (broad SMARTS) is 1. The van der Waals surface area contributed by atoms with E-state index in [2.05, 4.69) is 18.7 Å². The van der Waals surface area contributed by atoms with Crippen LogP contribution >= 0.6 is 0 Å². The molecule has 0 saturated carbocycles. The Hall–Kier alpha value is -1.51. The zero-order valence-electron chi connectivity index (χ0n) is 10.4. The number of benzene rings is 1. The minimum Gasteiger partial charge on any atom is -0.478 e. The van der Waals surface area contributed by atoms with Gasteiger partial charge in [-0.25, -0.2) is 4.79 Å². The lowest BCUT2D eigenvalue weighted by Gasteiger charge is -2.38. The number of aromatic carboxylic acids is 1. The normalized spacial score (nSPS) is 24.7. The summed E-state index contributed by atoms with van der Waals surface area (Å²) in [5.74, 6) is -0.0891. The van der Waals surface area contributed by atoms with Crippen LogP contribution in [0.3, 0.4) is 0 Å². The molecule has 2 unspecified atom stereocenters. The summed E-state index contributed by atoms with van der Waals surface area (Å²) < 4.78 is 0. The lowest BCUT2D eigenvalue weighted by atomic mass is 9.93. The van der Waals surface area contributed by atoms with E-state index in [1.165, 1.54) is 12.8 Å². The van der Waals surface area contributed by atoms with Gasteiger partial charge in [0.15, 0.2) is 0 Å². The Kier molecular flexibility index (Phi) is 3.36. The fourth-order valence-electron chi connectivity index (χ4n) is 2.61. The van der Waals surface area contributed by atoms with Crippen molar-refractivity contribution in [3.8, 4) is 0 Å². The number of carboxylic acids is 1. The van der Waals surface area contributed by atoms with Crippen molar-refractivity contribution in [2.24, 2.45) is 5.92 Å². The summed E-state index contributed by atoms with van der Waals surface area (Å²) in [4.78, 5) is 13.3. The monoisotopic (exact) mass is 233 g/mol. The first-order chi connectivity index (χ1) is 8.08. The van der Waals surface area contributed by atoms with Gasteiger partial charge in [-0.05, 0) is 43.9 Å². The van der Waals surface area contributed by atoms with E-state index in [1.54, 1.807) is 12.1 Å². The van der Waals surface area contributed by atoms with Crippen LogP contribution in [0.4, 0.5) is 5.69 Å². The van der Waals surface area contributed by atoms with Gasteiger partial charge in [0, 0.05) is 18.3 Å². The van der Waals surface area contributed by atoms with Crippen LogP contribution in [0.25, 0.3) is 0 Å². The predicted octanol–water partition coefficient (Wildman–Crippen LogP) is 3.01. The van der Waals surface area contributed by atoms with Gasteiger partial charge in [-0.1, -0.05) is 13.0 Å². The van der Waals surface area contributed by atoms with E-state index in [0.29, 0.717) is 11.6 Å². The average Bonchev–Trinajstić information content (AvgIpc) is 2.29. The van der Waals surface area contributed by atoms with E-state index in [9.17, 15) is 4.79 Å². The first kappa shape index (κ1) is 12.0. The van der Waals surface area contributed by atoms with Crippen LogP contribution in [-0.2, 0) is 0 Å². The summed E-state index contributed by atoms with van der Waals surface area (Å²) in [6.45, 7) is 5.51. The molecule has 0 radical (unpaired) electrons. The molecule has 2 rings (SSSR count). The number of hydrogen-bond donors (Lipinski definition) is 1. The van der Waals surface area contributed by atoms with Gasteiger partial charge in [0.1, 0.15) is 0 Å². The van der Waals surface area contributed by atoms with Gasteiger partial charge in [-0.3, -0.25) is 0 Å². The quantitative estimate of drug-likeness (QED) is 0.853. The molecule has 17 heavy (non-hydrogen) atoms. The molecule has 0 bridgehead atoms. The van der Waals surface area contributed by atoms with E-state index in [4.69, 9.17) is 5.11 Å². The van der Waals surface area contributed by atoms with Crippen LogP contribution in [-0.4, -0.2) is 23.7 Å². The summed E-state index contributed by atoms with van der Waals surface area (Å²) >= 11 is 0. The van der Waals surface area contributed by atoms with Gasteiger partial charge in [0.2, 0.25) is 0 Å². The Morgan fingerprint density at radius 1 is 1.41 bits per heavy atom. The van der Waals surface area contributed by atoms with Gasteiger partial charge in [-0.15, -0.1) is 0 Å². The number of anilines is 1. The highest BCUT2D eigenvalue weighted by atomic mass is 16.4. The van der Waals surface area contributed by atoms with Gasteiger partial charge in [0.25, 0.3) is 0 Å². The molecular weight excluding hydrogens is 214 g/mol. The van der Waals surface area contributed by atoms with Crippen molar-refractivity contribution in [1.29, 1.82) is 0 Å². The maximum atomic E-state index is 11.0. The van der Waals surface area contributed by atoms with Crippen molar-refractivity contribution >= 4 is 11.7 Å². The zero-order chi connectivity index (χ0) is 12.4. The molecule has 92 valence electrons. The summed E-state index contributed by atoms with van der Waals surface area (Å²) in [7, 11) is 0. The largest absolute Gasteiger partial charge is 0.478 e. The number of nitrogens with zero attached hydrogens (tertiary/aromatic N) is 1. The molecule has 1 N–H and O–H groups in total. The third kappa shape index (κ3) is 2.60. The van der Waals surface area contributed by atoms with Gasteiger partial charge < -0.3 is 10.0 Å². The van der Waals surface area contributed by atoms with E-state index in [-0.39, 0.29) is 0 Å². The number of carbonyl (C=O) groups is 1. The highest BCUT2D eigenvalue weighted by Gasteiger charge is 2.23. The summed E-state index contributed by atoms with van der Waals surface area (Å²) in [6, 6.07) is 7.73. The van der Waals surface area contributed by atoms with Crippen molar-refractivity contribution in [1.82, 2.24) is 0 Å². The standard InChI is InChI=1S/C14H19NO2/c1-10-6-7-15(11(2)8-10)13-5-3-4-12(9-13)14(16)17/h3-5,9-11H,6-8H2,1-2H3,(H,16,17). The minimum absolute atomic E-state index is 0.369. The van der Waals surface area contributed by atoms with Crippen molar-refractivity contribution in [2.45, 2.75) is 32.7 Å². The van der Waals surface area contributed by atoms with Crippen LogP contribution in [0.15, 0.2) is 24.3 Å². The van der Waals surface area contributed by atoms with E-state index in [1.807, 2.05) is 12.1 Å². The van der Waals surface area contributed by atoms with Crippen LogP contribution in [0, 0.1) is 5.92 Å². The molecule has 0 amide bonds. The van der Waals surface area contributed by atoms with Crippen LogP contribution in [0.1, 0.15) is 37.0 Å². The molecule has 2 atom stereocenters. The maximum absolute atomic E-state index is 11.0. The Labute approximate surface area is 102 Å². The van der Waals surface area contributed by atoms with Crippen molar-refractivity contribution in [3.63, 3.8) is 0 Å². The lowest BCUT2D eigenvalue weighted by Crippen LogP contribution is -2.40. The molecule has 1 aromatic rings. The van der Waals surface area contributed by atoms with Crippen molar-refractivity contribution < 1.29 is 9.90 Å². The van der Waals surface area contributed by atoms with E-state index < -0.39 is 5.97 Å². The second-order valence-electron chi connectivity index (χ2n) is 5.03. The maximum Gasteiger partial charge on any atom is 0.335 e. The highest BCUT2D eigenvalue weighted by molar-refractivity contribution is 5.88. The first-order valence-electron chi connectivity index (χ1n) is 6.18. The molecule has 1 aliphatic heterocycles.